The largest absolute Gasteiger partial charge is 0.356 e. The first-order valence-electron chi connectivity index (χ1n) is 4.20. The van der Waals surface area contributed by atoms with Gasteiger partial charge in [0.2, 0.25) is 0 Å². The number of hydrogen-bond donors (Lipinski definition) is 0. The van der Waals surface area contributed by atoms with Crippen LogP contribution in [0.3, 0.4) is 0 Å². The summed E-state index contributed by atoms with van der Waals surface area (Å²) in [5.74, 6) is 0.978. The first-order chi connectivity index (χ1) is 6.27. The van der Waals surface area contributed by atoms with Crippen LogP contribution >= 0.6 is 27.5 Å². The van der Waals surface area contributed by atoms with Crippen molar-refractivity contribution in [2.45, 2.75) is 6.92 Å². The molecule has 1 aromatic heterocycles. The summed E-state index contributed by atoms with van der Waals surface area (Å²) in [6, 6.07) is 3.80. The maximum absolute atomic E-state index is 5.75. The minimum absolute atomic E-state index is 0.679. The zero-order valence-corrected chi connectivity index (χ0v) is 9.85. The van der Waals surface area contributed by atoms with Crippen molar-refractivity contribution in [3.63, 3.8) is 0 Å². The fourth-order valence-electron chi connectivity index (χ4n) is 1.09. The first kappa shape index (κ1) is 10.8. The highest BCUT2D eigenvalue weighted by Crippen LogP contribution is 2.13. The second-order valence-electron chi connectivity index (χ2n) is 2.60. The third kappa shape index (κ3) is 3.16. The number of pyridine rings is 1. The quantitative estimate of drug-likeness (QED) is 0.777. The number of hydrogen-bond acceptors (Lipinski definition) is 2. The maximum Gasteiger partial charge on any atom is 0.128 e. The molecule has 0 saturated carbocycles. The molecule has 4 heteroatoms. The van der Waals surface area contributed by atoms with Crippen molar-refractivity contribution in [2.24, 2.45) is 0 Å². The molecule has 0 amide bonds. The van der Waals surface area contributed by atoms with Gasteiger partial charge in [-0.2, -0.15) is 0 Å². The van der Waals surface area contributed by atoms with E-state index < -0.39 is 0 Å². The Morgan fingerprint density at radius 3 is 2.77 bits per heavy atom. The molecule has 72 valence electrons. The first-order valence-corrected chi connectivity index (χ1v) is 5.70. The molecule has 1 heterocycles. The highest BCUT2D eigenvalue weighted by molar-refractivity contribution is 9.09. The summed E-state index contributed by atoms with van der Waals surface area (Å²) in [5.41, 5.74) is 0. The number of rotatable bonds is 4. The van der Waals surface area contributed by atoms with Crippen molar-refractivity contribution in [1.82, 2.24) is 4.98 Å². The molecule has 0 aliphatic rings. The van der Waals surface area contributed by atoms with Gasteiger partial charge in [-0.05, 0) is 19.1 Å². The average Bonchev–Trinajstić information content (AvgIpc) is 2.16. The van der Waals surface area contributed by atoms with E-state index in [-0.39, 0.29) is 0 Å². The molecule has 0 saturated heterocycles. The highest BCUT2D eigenvalue weighted by Gasteiger charge is 2.03. The topological polar surface area (TPSA) is 16.1 Å². The smallest absolute Gasteiger partial charge is 0.128 e. The second-order valence-corrected chi connectivity index (χ2v) is 3.83. The van der Waals surface area contributed by atoms with Gasteiger partial charge in [0.05, 0.1) is 5.02 Å². The average molecular weight is 264 g/mol. The van der Waals surface area contributed by atoms with Gasteiger partial charge in [0, 0.05) is 24.6 Å². The maximum atomic E-state index is 5.75. The third-order valence-corrected chi connectivity index (χ3v) is 2.35. The van der Waals surface area contributed by atoms with Gasteiger partial charge in [-0.15, -0.1) is 0 Å². The molecule has 0 bridgehead atoms. The van der Waals surface area contributed by atoms with Gasteiger partial charge in [0.15, 0.2) is 0 Å². The lowest BCUT2D eigenvalue weighted by molar-refractivity contribution is 0.854. The van der Waals surface area contributed by atoms with Crippen molar-refractivity contribution in [3.8, 4) is 0 Å². The predicted octanol–water partition coefficient (Wildman–Crippen LogP) is 2.96. The van der Waals surface area contributed by atoms with Crippen LogP contribution in [0.2, 0.25) is 5.02 Å². The monoisotopic (exact) mass is 262 g/mol. The van der Waals surface area contributed by atoms with Crippen molar-refractivity contribution in [3.05, 3.63) is 23.4 Å². The third-order valence-electron chi connectivity index (χ3n) is 1.77. The molecule has 0 N–H and O–H groups in total. The molecule has 0 atom stereocenters. The van der Waals surface area contributed by atoms with Crippen LogP contribution in [-0.4, -0.2) is 23.4 Å². The Labute approximate surface area is 92.0 Å². The van der Waals surface area contributed by atoms with E-state index in [1.54, 1.807) is 6.20 Å². The van der Waals surface area contributed by atoms with Crippen LogP contribution < -0.4 is 4.90 Å². The van der Waals surface area contributed by atoms with E-state index in [9.17, 15) is 0 Å². The second kappa shape index (κ2) is 5.45. The fraction of sp³-hybridized carbons (Fsp3) is 0.444. The van der Waals surface area contributed by atoms with Crippen LogP contribution in [0.4, 0.5) is 5.82 Å². The van der Waals surface area contributed by atoms with E-state index in [4.69, 9.17) is 11.6 Å². The van der Waals surface area contributed by atoms with Crippen LogP contribution in [0.25, 0.3) is 0 Å². The summed E-state index contributed by atoms with van der Waals surface area (Å²) in [7, 11) is 0. The molecule has 2 nitrogen and oxygen atoms in total. The van der Waals surface area contributed by atoms with Gasteiger partial charge < -0.3 is 4.90 Å². The lowest BCUT2D eigenvalue weighted by Crippen LogP contribution is -2.25. The highest BCUT2D eigenvalue weighted by atomic mass is 79.9. The molecule has 0 spiro atoms. The van der Waals surface area contributed by atoms with Crippen LogP contribution in [0.5, 0.6) is 0 Å². The van der Waals surface area contributed by atoms with Gasteiger partial charge in [0.1, 0.15) is 5.82 Å². The standard InChI is InChI=1S/C9H12BrClN2/c1-2-13(6-5-10)9-4-3-8(11)7-12-9/h3-4,7H,2,5-6H2,1H3. The number of halogens is 2. The molecule has 0 aliphatic heterocycles. The minimum Gasteiger partial charge on any atom is -0.356 e. The number of anilines is 1. The Balaban J connectivity index is 2.73. The Kier molecular flexibility index (Phi) is 4.53. The molecular weight excluding hydrogens is 251 g/mol. The molecule has 1 rings (SSSR count). The predicted molar refractivity (Wildman–Crippen MR) is 60.9 cm³/mol. The van der Waals surface area contributed by atoms with Crippen molar-refractivity contribution in [1.29, 1.82) is 0 Å². The summed E-state index contributed by atoms with van der Waals surface area (Å²) in [5, 5.41) is 1.63. The lowest BCUT2D eigenvalue weighted by atomic mass is 10.4. The van der Waals surface area contributed by atoms with Crippen molar-refractivity contribution >= 4 is 33.3 Å². The van der Waals surface area contributed by atoms with Gasteiger partial charge in [-0.25, -0.2) is 4.98 Å². The Bertz CT molecular complexity index is 250. The van der Waals surface area contributed by atoms with E-state index in [0.717, 1.165) is 24.2 Å². The Morgan fingerprint density at radius 1 is 1.54 bits per heavy atom. The van der Waals surface area contributed by atoms with E-state index >= 15 is 0 Å². The molecule has 0 aromatic carbocycles. The molecule has 13 heavy (non-hydrogen) atoms. The number of alkyl halides is 1. The Morgan fingerprint density at radius 2 is 2.31 bits per heavy atom. The normalized spacial score (nSPS) is 10.1. The van der Waals surface area contributed by atoms with Gasteiger partial charge in [-0.1, -0.05) is 27.5 Å². The van der Waals surface area contributed by atoms with Gasteiger partial charge in [0.25, 0.3) is 0 Å². The van der Waals surface area contributed by atoms with E-state index in [1.165, 1.54) is 0 Å². The molecule has 0 unspecified atom stereocenters. The van der Waals surface area contributed by atoms with Crippen molar-refractivity contribution in [2.75, 3.05) is 23.3 Å². The summed E-state index contributed by atoms with van der Waals surface area (Å²) in [6.45, 7) is 4.03. The fourth-order valence-corrected chi connectivity index (χ4v) is 1.63. The van der Waals surface area contributed by atoms with Crippen LogP contribution in [0, 0.1) is 0 Å². The SMILES string of the molecule is CCN(CCBr)c1ccc(Cl)cn1. The molecule has 0 radical (unpaired) electrons. The zero-order chi connectivity index (χ0) is 9.68. The molecule has 1 aromatic rings. The Hall–Kier alpha value is -0.280. The van der Waals surface area contributed by atoms with Crippen molar-refractivity contribution < 1.29 is 0 Å². The molecule has 0 fully saturated rings. The molecular formula is C9H12BrClN2. The van der Waals surface area contributed by atoms with Crippen LogP contribution in [0.1, 0.15) is 6.92 Å². The van der Waals surface area contributed by atoms with E-state index in [0.29, 0.717) is 5.02 Å². The lowest BCUT2D eigenvalue weighted by Gasteiger charge is -2.20. The van der Waals surface area contributed by atoms with Crippen LogP contribution in [0.15, 0.2) is 18.3 Å². The van der Waals surface area contributed by atoms with E-state index in [1.807, 2.05) is 12.1 Å². The summed E-state index contributed by atoms with van der Waals surface area (Å²) >= 11 is 9.15. The zero-order valence-electron chi connectivity index (χ0n) is 7.50. The number of aromatic nitrogens is 1. The van der Waals surface area contributed by atoms with Gasteiger partial charge in [-0.3, -0.25) is 0 Å². The summed E-state index contributed by atoms with van der Waals surface area (Å²) in [4.78, 5) is 6.43. The summed E-state index contributed by atoms with van der Waals surface area (Å²) < 4.78 is 0. The number of nitrogens with zero attached hydrogens (tertiary/aromatic N) is 2. The van der Waals surface area contributed by atoms with Gasteiger partial charge >= 0.3 is 0 Å². The summed E-state index contributed by atoms with van der Waals surface area (Å²) in [6.07, 6.45) is 1.67. The van der Waals surface area contributed by atoms with Crippen LogP contribution in [-0.2, 0) is 0 Å². The van der Waals surface area contributed by atoms with E-state index in [2.05, 4.69) is 32.7 Å². The minimum atomic E-state index is 0.679. The molecule has 0 aliphatic carbocycles.